The van der Waals surface area contributed by atoms with E-state index in [1.165, 1.54) is 30.3 Å². The van der Waals surface area contributed by atoms with Crippen LogP contribution in [-0.4, -0.2) is 20.4 Å². The van der Waals surface area contributed by atoms with Crippen LogP contribution in [0.1, 0.15) is 42.6 Å². The van der Waals surface area contributed by atoms with Gasteiger partial charge in [-0.25, -0.2) is 8.42 Å². The maximum Gasteiger partial charge on any atom is 0.261 e. The molecule has 0 aromatic heterocycles. The van der Waals surface area contributed by atoms with Crippen molar-refractivity contribution in [2.24, 2.45) is 0 Å². The molecule has 0 radical (unpaired) electrons. The minimum atomic E-state index is -3.74. The predicted molar refractivity (Wildman–Crippen MR) is 105 cm³/mol. The van der Waals surface area contributed by atoms with Crippen molar-refractivity contribution in [3.8, 4) is 0 Å². The number of halogens is 1. The number of carbonyl (C=O) groups excluding carboxylic acids is 1. The number of rotatable bonds is 7. The van der Waals surface area contributed by atoms with Crippen molar-refractivity contribution in [1.29, 1.82) is 0 Å². The van der Waals surface area contributed by atoms with Crippen LogP contribution in [0.15, 0.2) is 47.4 Å². The lowest BCUT2D eigenvalue weighted by Crippen LogP contribution is -2.34. The summed E-state index contributed by atoms with van der Waals surface area (Å²) in [7, 11) is -3.74. The molecule has 140 valence electrons. The average Bonchev–Trinajstić information content (AvgIpc) is 2.61. The van der Waals surface area contributed by atoms with Crippen LogP contribution < -0.4 is 10.0 Å². The first-order valence-corrected chi connectivity index (χ1v) is 10.3. The van der Waals surface area contributed by atoms with Gasteiger partial charge in [0, 0.05) is 11.7 Å². The molecule has 2 aromatic rings. The minimum absolute atomic E-state index is 0.0477. The smallest absolute Gasteiger partial charge is 0.261 e. The summed E-state index contributed by atoms with van der Waals surface area (Å²) in [6.45, 7) is 5.86. The molecular weight excluding hydrogens is 372 g/mol. The third-order valence-electron chi connectivity index (χ3n) is 4.12. The van der Waals surface area contributed by atoms with E-state index in [-0.39, 0.29) is 33.1 Å². The molecular formula is C19H23ClN2O3S. The summed E-state index contributed by atoms with van der Waals surface area (Å²) in [5, 5.41) is 3.17. The van der Waals surface area contributed by atoms with Crippen LogP contribution in [0.2, 0.25) is 5.02 Å². The highest BCUT2D eigenvalue weighted by molar-refractivity contribution is 7.92. The molecule has 0 heterocycles. The highest BCUT2D eigenvalue weighted by atomic mass is 35.5. The van der Waals surface area contributed by atoms with Crippen LogP contribution in [0, 0.1) is 6.92 Å². The van der Waals surface area contributed by atoms with Crippen LogP contribution in [-0.2, 0) is 10.0 Å². The summed E-state index contributed by atoms with van der Waals surface area (Å²) in [6, 6.07) is 11.1. The fourth-order valence-electron chi connectivity index (χ4n) is 2.45. The Kier molecular flexibility index (Phi) is 6.67. The van der Waals surface area contributed by atoms with E-state index in [1.54, 1.807) is 12.1 Å². The molecule has 0 saturated heterocycles. The SMILES string of the molecule is CCC(CC)NC(=O)c1cc(NS(=O)(=O)c2ccc(C)cc2)ccc1Cl. The normalized spacial score (nSPS) is 11.4. The lowest BCUT2D eigenvalue weighted by Gasteiger charge is -2.16. The number of nitrogens with one attached hydrogen (secondary N) is 2. The second-order valence-electron chi connectivity index (χ2n) is 6.10. The number of sulfonamides is 1. The van der Waals surface area contributed by atoms with Gasteiger partial charge in [0.2, 0.25) is 0 Å². The Morgan fingerprint density at radius 1 is 1.08 bits per heavy atom. The van der Waals surface area contributed by atoms with Crippen LogP contribution in [0.5, 0.6) is 0 Å². The van der Waals surface area contributed by atoms with Gasteiger partial charge in [0.25, 0.3) is 15.9 Å². The molecule has 2 aromatic carbocycles. The number of benzene rings is 2. The largest absolute Gasteiger partial charge is 0.349 e. The summed E-state index contributed by atoms with van der Waals surface area (Å²) in [5.41, 5.74) is 1.49. The van der Waals surface area contributed by atoms with Crippen molar-refractivity contribution in [2.45, 2.75) is 44.6 Å². The van der Waals surface area contributed by atoms with Gasteiger partial charge in [0.15, 0.2) is 0 Å². The first-order chi connectivity index (χ1) is 12.3. The van der Waals surface area contributed by atoms with Crippen molar-refractivity contribution in [3.05, 3.63) is 58.6 Å². The van der Waals surface area contributed by atoms with E-state index < -0.39 is 10.0 Å². The van der Waals surface area contributed by atoms with E-state index in [4.69, 9.17) is 11.6 Å². The molecule has 0 bridgehead atoms. The van der Waals surface area contributed by atoms with E-state index in [0.717, 1.165) is 18.4 Å². The maximum absolute atomic E-state index is 12.5. The standard InChI is InChI=1S/C19H23ClN2O3S/c1-4-14(5-2)21-19(23)17-12-15(8-11-18(17)20)22-26(24,25)16-9-6-13(3)7-10-16/h6-12,14,22H,4-5H2,1-3H3,(H,21,23). The number of hydrogen-bond donors (Lipinski definition) is 2. The molecule has 0 aliphatic rings. The van der Waals surface area contributed by atoms with Gasteiger partial charge in [-0.3, -0.25) is 9.52 Å². The Hall–Kier alpha value is -2.05. The number of aryl methyl sites for hydroxylation is 1. The molecule has 0 fully saturated rings. The average molecular weight is 395 g/mol. The van der Waals surface area contributed by atoms with Gasteiger partial charge in [-0.2, -0.15) is 0 Å². The second kappa shape index (κ2) is 8.56. The van der Waals surface area contributed by atoms with Crippen molar-refractivity contribution >= 4 is 33.2 Å². The molecule has 0 aliphatic carbocycles. The lowest BCUT2D eigenvalue weighted by molar-refractivity contribution is 0.0935. The molecule has 26 heavy (non-hydrogen) atoms. The fourth-order valence-corrected chi connectivity index (χ4v) is 3.70. The highest BCUT2D eigenvalue weighted by Crippen LogP contribution is 2.23. The van der Waals surface area contributed by atoms with E-state index in [2.05, 4.69) is 10.0 Å². The van der Waals surface area contributed by atoms with E-state index in [0.29, 0.717) is 0 Å². The lowest BCUT2D eigenvalue weighted by atomic mass is 10.1. The molecule has 1 amide bonds. The van der Waals surface area contributed by atoms with Crippen molar-refractivity contribution < 1.29 is 13.2 Å². The van der Waals surface area contributed by atoms with Gasteiger partial charge in [-0.15, -0.1) is 0 Å². The molecule has 0 saturated carbocycles. The number of hydrogen-bond acceptors (Lipinski definition) is 3. The summed E-state index contributed by atoms with van der Waals surface area (Å²) in [6.07, 6.45) is 1.61. The van der Waals surface area contributed by atoms with Gasteiger partial charge in [-0.05, 0) is 50.1 Å². The van der Waals surface area contributed by atoms with Gasteiger partial charge in [0.05, 0.1) is 15.5 Å². The van der Waals surface area contributed by atoms with Gasteiger partial charge in [0.1, 0.15) is 0 Å². The molecule has 0 spiro atoms. The Bertz CT molecular complexity index is 876. The monoisotopic (exact) mass is 394 g/mol. The first kappa shape index (κ1) is 20.3. The van der Waals surface area contributed by atoms with Crippen molar-refractivity contribution in [1.82, 2.24) is 5.32 Å². The molecule has 0 atom stereocenters. The fraction of sp³-hybridized carbons (Fsp3) is 0.316. The number of amides is 1. The van der Waals surface area contributed by atoms with Crippen molar-refractivity contribution in [3.63, 3.8) is 0 Å². The zero-order valence-electron chi connectivity index (χ0n) is 15.0. The van der Waals surface area contributed by atoms with E-state index in [1.807, 2.05) is 20.8 Å². The number of anilines is 1. The quantitative estimate of drug-likeness (QED) is 0.732. The minimum Gasteiger partial charge on any atom is -0.349 e. The third kappa shape index (κ3) is 4.99. The number of carbonyl (C=O) groups is 1. The summed E-state index contributed by atoms with van der Waals surface area (Å²) < 4.78 is 27.5. The van der Waals surface area contributed by atoms with Crippen LogP contribution in [0.4, 0.5) is 5.69 Å². The zero-order chi connectivity index (χ0) is 19.3. The first-order valence-electron chi connectivity index (χ1n) is 8.46. The Morgan fingerprint density at radius 2 is 1.69 bits per heavy atom. The van der Waals surface area contributed by atoms with Crippen LogP contribution in [0.3, 0.4) is 0 Å². The highest BCUT2D eigenvalue weighted by Gasteiger charge is 2.18. The topological polar surface area (TPSA) is 75.3 Å². The molecule has 7 heteroatoms. The van der Waals surface area contributed by atoms with Gasteiger partial charge in [-0.1, -0.05) is 43.1 Å². The summed E-state index contributed by atoms with van der Waals surface area (Å²) >= 11 is 6.13. The van der Waals surface area contributed by atoms with Crippen LogP contribution in [0.25, 0.3) is 0 Å². The molecule has 0 aliphatic heterocycles. The van der Waals surface area contributed by atoms with Gasteiger partial charge >= 0.3 is 0 Å². The van der Waals surface area contributed by atoms with Crippen molar-refractivity contribution in [2.75, 3.05) is 4.72 Å². The summed E-state index contributed by atoms with van der Waals surface area (Å²) in [4.78, 5) is 12.6. The maximum atomic E-state index is 12.5. The van der Waals surface area contributed by atoms with E-state index >= 15 is 0 Å². The molecule has 2 N–H and O–H groups in total. The molecule has 2 rings (SSSR count). The Balaban J connectivity index is 2.26. The Morgan fingerprint density at radius 3 is 2.27 bits per heavy atom. The van der Waals surface area contributed by atoms with Gasteiger partial charge < -0.3 is 5.32 Å². The van der Waals surface area contributed by atoms with E-state index in [9.17, 15) is 13.2 Å². The Labute approximate surface area is 159 Å². The predicted octanol–water partition coefficient (Wildman–Crippen LogP) is 4.37. The summed E-state index contributed by atoms with van der Waals surface area (Å²) in [5.74, 6) is -0.319. The second-order valence-corrected chi connectivity index (χ2v) is 8.19. The molecule has 0 unspecified atom stereocenters. The van der Waals surface area contributed by atoms with Crippen LogP contribution >= 0.6 is 11.6 Å². The zero-order valence-corrected chi connectivity index (χ0v) is 16.6. The third-order valence-corrected chi connectivity index (χ3v) is 5.84. The molecule has 5 nitrogen and oxygen atoms in total.